The fraction of sp³-hybridized carbons (Fsp3) is 0.381. The van der Waals surface area contributed by atoms with Crippen LogP contribution in [0.15, 0.2) is 48.5 Å². The largest absolute Gasteiger partial charge is 0.370 e. The molecule has 0 atom stereocenters. The molecule has 2 aromatic carbocycles. The molecule has 1 saturated heterocycles. The summed E-state index contributed by atoms with van der Waals surface area (Å²) >= 11 is 5.99. The van der Waals surface area contributed by atoms with Crippen molar-refractivity contribution in [2.75, 3.05) is 31.1 Å². The summed E-state index contributed by atoms with van der Waals surface area (Å²) in [5.41, 5.74) is 1.74. The number of amides is 1. The summed E-state index contributed by atoms with van der Waals surface area (Å²) < 4.78 is 13.1. The van der Waals surface area contributed by atoms with Crippen molar-refractivity contribution in [1.29, 1.82) is 0 Å². The molecule has 1 aliphatic heterocycles. The van der Waals surface area contributed by atoms with E-state index in [2.05, 4.69) is 4.90 Å². The van der Waals surface area contributed by atoms with Crippen molar-refractivity contribution in [1.82, 2.24) is 4.90 Å². The smallest absolute Gasteiger partial charge is 0.233 e. The van der Waals surface area contributed by atoms with Crippen molar-refractivity contribution in [2.24, 2.45) is 0 Å². The van der Waals surface area contributed by atoms with Gasteiger partial charge in [0, 0.05) is 36.9 Å². The first-order chi connectivity index (χ1) is 12.6. The average molecular weight is 373 g/mol. The molecule has 136 valence electrons. The molecule has 0 spiro atoms. The van der Waals surface area contributed by atoms with Crippen LogP contribution in [-0.2, 0) is 10.2 Å². The summed E-state index contributed by atoms with van der Waals surface area (Å²) in [6, 6.07) is 14.3. The maximum Gasteiger partial charge on any atom is 0.233 e. The highest BCUT2D eigenvalue weighted by Crippen LogP contribution is 2.49. The zero-order valence-electron chi connectivity index (χ0n) is 14.6. The van der Waals surface area contributed by atoms with Gasteiger partial charge in [0.15, 0.2) is 0 Å². The molecule has 0 unspecified atom stereocenters. The summed E-state index contributed by atoms with van der Waals surface area (Å²) in [5.74, 6) is 0.0137. The van der Waals surface area contributed by atoms with Crippen molar-refractivity contribution in [3.8, 4) is 0 Å². The Morgan fingerprint density at radius 1 is 0.923 bits per heavy atom. The molecule has 2 aromatic rings. The minimum Gasteiger partial charge on any atom is -0.370 e. The van der Waals surface area contributed by atoms with Crippen LogP contribution in [0.3, 0.4) is 0 Å². The van der Waals surface area contributed by atoms with E-state index >= 15 is 0 Å². The number of benzene rings is 2. The van der Waals surface area contributed by atoms with Gasteiger partial charge in [-0.25, -0.2) is 4.39 Å². The van der Waals surface area contributed by atoms with Crippen LogP contribution in [0.5, 0.6) is 0 Å². The molecular formula is C21H22ClFN2O. The molecule has 1 heterocycles. The van der Waals surface area contributed by atoms with Crippen molar-refractivity contribution >= 4 is 23.2 Å². The number of hydrogen-bond donors (Lipinski definition) is 0. The molecular weight excluding hydrogens is 351 g/mol. The number of carbonyl (C=O) groups excluding carboxylic acids is 1. The molecule has 2 fully saturated rings. The van der Waals surface area contributed by atoms with Gasteiger partial charge in [-0.1, -0.05) is 23.7 Å². The van der Waals surface area contributed by atoms with Crippen molar-refractivity contribution < 1.29 is 9.18 Å². The first-order valence-corrected chi connectivity index (χ1v) is 9.52. The fourth-order valence-corrected chi connectivity index (χ4v) is 3.98. The topological polar surface area (TPSA) is 23.6 Å². The van der Waals surface area contributed by atoms with Crippen molar-refractivity contribution in [3.63, 3.8) is 0 Å². The third-order valence-corrected chi connectivity index (χ3v) is 5.78. The number of carbonyl (C=O) groups is 1. The first-order valence-electron chi connectivity index (χ1n) is 9.14. The van der Waals surface area contributed by atoms with Gasteiger partial charge in [-0.2, -0.15) is 0 Å². The maximum absolute atomic E-state index is 13.2. The van der Waals surface area contributed by atoms with Crippen LogP contribution < -0.4 is 4.90 Å². The summed E-state index contributed by atoms with van der Waals surface area (Å²) in [6.45, 7) is 3.12. The van der Waals surface area contributed by atoms with E-state index in [0.717, 1.165) is 50.1 Å². The van der Waals surface area contributed by atoms with Gasteiger partial charge >= 0.3 is 0 Å². The standard InChI is InChI=1S/C21H22ClFN2O/c22-17-4-2-16(3-5-17)21(10-11-21)20(26)25-13-1-12-24(14-15-25)19-8-6-18(23)7-9-19/h2-9H,1,10-15H2. The average Bonchev–Trinajstić information content (AvgIpc) is 3.47. The number of nitrogens with zero attached hydrogens (tertiary/aromatic N) is 2. The summed E-state index contributed by atoms with van der Waals surface area (Å²) in [4.78, 5) is 17.5. The normalized spacial score (nSPS) is 19.2. The molecule has 26 heavy (non-hydrogen) atoms. The van der Waals surface area contributed by atoms with E-state index in [1.807, 2.05) is 41.3 Å². The highest BCUT2D eigenvalue weighted by atomic mass is 35.5. The number of hydrogen-bond acceptors (Lipinski definition) is 2. The van der Waals surface area contributed by atoms with Gasteiger partial charge < -0.3 is 9.80 Å². The van der Waals surface area contributed by atoms with Crippen LogP contribution in [-0.4, -0.2) is 37.0 Å². The van der Waals surface area contributed by atoms with Crippen molar-refractivity contribution in [3.05, 3.63) is 64.9 Å². The van der Waals surface area contributed by atoms with E-state index in [9.17, 15) is 9.18 Å². The van der Waals surface area contributed by atoms with E-state index < -0.39 is 0 Å². The first kappa shape index (κ1) is 17.3. The zero-order valence-corrected chi connectivity index (χ0v) is 15.4. The van der Waals surface area contributed by atoms with Crippen LogP contribution in [0.2, 0.25) is 5.02 Å². The number of halogens is 2. The Labute approximate surface area is 158 Å². The lowest BCUT2D eigenvalue weighted by Gasteiger charge is -2.27. The zero-order chi connectivity index (χ0) is 18.1. The monoisotopic (exact) mass is 372 g/mol. The Morgan fingerprint density at radius 3 is 2.27 bits per heavy atom. The molecule has 1 aliphatic carbocycles. The minimum absolute atomic E-state index is 0.223. The predicted molar refractivity (Wildman–Crippen MR) is 102 cm³/mol. The van der Waals surface area contributed by atoms with Crippen LogP contribution >= 0.6 is 11.6 Å². The molecule has 0 bridgehead atoms. The summed E-state index contributed by atoms with van der Waals surface area (Å²) in [7, 11) is 0. The Bertz CT molecular complexity index is 787. The van der Waals surface area contributed by atoms with Crippen LogP contribution in [0.1, 0.15) is 24.8 Å². The molecule has 5 heteroatoms. The molecule has 2 aliphatic rings. The van der Waals surface area contributed by atoms with Crippen LogP contribution in [0, 0.1) is 5.82 Å². The second-order valence-electron chi connectivity index (χ2n) is 7.20. The quantitative estimate of drug-likeness (QED) is 0.804. The van der Waals surface area contributed by atoms with Crippen LogP contribution in [0.4, 0.5) is 10.1 Å². The SMILES string of the molecule is O=C(N1CCCN(c2ccc(F)cc2)CC1)C1(c2ccc(Cl)cc2)CC1. The molecule has 1 saturated carbocycles. The van der Waals surface area contributed by atoms with Gasteiger partial charge in [-0.05, 0) is 61.2 Å². The Morgan fingerprint density at radius 2 is 1.62 bits per heavy atom. The maximum atomic E-state index is 13.2. The third-order valence-electron chi connectivity index (χ3n) is 5.53. The molecule has 1 amide bonds. The van der Waals surface area contributed by atoms with Gasteiger partial charge in [0.1, 0.15) is 5.82 Å². The second-order valence-corrected chi connectivity index (χ2v) is 7.63. The van der Waals surface area contributed by atoms with Gasteiger partial charge in [0.25, 0.3) is 0 Å². The van der Waals surface area contributed by atoms with Gasteiger partial charge in [-0.3, -0.25) is 4.79 Å². The van der Waals surface area contributed by atoms with Crippen molar-refractivity contribution in [2.45, 2.75) is 24.7 Å². The Hall–Kier alpha value is -2.07. The van der Waals surface area contributed by atoms with Crippen LogP contribution in [0.25, 0.3) is 0 Å². The molecule has 0 radical (unpaired) electrons. The van der Waals surface area contributed by atoms with E-state index in [0.29, 0.717) is 11.6 Å². The lowest BCUT2D eigenvalue weighted by Crippen LogP contribution is -2.41. The van der Waals surface area contributed by atoms with E-state index in [1.165, 1.54) is 12.1 Å². The highest BCUT2D eigenvalue weighted by molar-refractivity contribution is 6.30. The molecule has 0 aromatic heterocycles. The minimum atomic E-state index is -0.352. The van der Waals surface area contributed by atoms with E-state index in [1.54, 1.807) is 0 Å². The van der Waals surface area contributed by atoms with Gasteiger partial charge in [0.05, 0.1) is 5.41 Å². The summed E-state index contributed by atoms with van der Waals surface area (Å²) in [5, 5.41) is 0.696. The Balaban J connectivity index is 1.46. The van der Waals surface area contributed by atoms with Gasteiger partial charge in [-0.15, -0.1) is 0 Å². The molecule has 0 N–H and O–H groups in total. The fourth-order valence-electron chi connectivity index (χ4n) is 3.85. The third kappa shape index (κ3) is 3.30. The highest BCUT2D eigenvalue weighted by Gasteiger charge is 2.52. The lowest BCUT2D eigenvalue weighted by atomic mass is 9.94. The Kier molecular flexibility index (Phi) is 4.62. The predicted octanol–water partition coefficient (Wildman–Crippen LogP) is 4.25. The van der Waals surface area contributed by atoms with E-state index in [-0.39, 0.29) is 17.1 Å². The van der Waals surface area contributed by atoms with Gasteiger partial charge in [0.2, 0.25) is 5.91 Å². The molecule has 4 rings (SSSR count). The summed E-state index contributed by atoms with van der Waals surface area (Å²) in [6.07, 6.45) is 2.73. The number of rotatable bonds is 3. The van der Waals surface area contributed by atoms with E-state index in [4.69, 9.17) is 11.6 Å². The molecule has 3 nitrogen and oxygen atoms in total. The second kappa shape index (κ2) is 6.92. The number of anilines is 1. The lowest BCUT2D eigenvalue weighted by molar-refractivity contribution is -0.133.